The van der Waals surface area contributed by atoms with E-state index in [0.717, 1.165) is 5.56 Å². The van der Waals surface area contributed by atoms with Crippen molar-refractivity contribution in [1.29, 1.82) is 0 Å². The van der Waals surface area contributed by atoms with E-state index in [1.165, 1.54) is 0 Å². The Kier molecular flexibility index (Phi) is 6.05. The maximum Gasteiger partial charge on any atom is 0.239 e. The van der Waals surface area contributed by atoms with Crippen molar-refractivity contribution < 1.29 is 9.59 Å². The quantitative estimate of drug-likeness (QED) is 0.889. The van der Waals surface area contributed by atoms with E-state index in [2.05, 4.69) is 10.6 Å². The molecule has 0 fully saturated rings. The lowest BCUT2D eigenvalue weighted by Crippen LogP contribution is -2.42. The largest absolute Gasteiger partial charge is 0.348 e. The first-order chi connectivity index (χ1) is 9.61. The van der Waals surface area contributed by atoms with Gasteiger partial charge < -0.3 is 10.6 Å². The molecule has 0 saturated carbocycles. The summed E-state index contributed by atoms with van der Waals surface area (Å²) in [4.78, 5) is 23.5. The van der Waals surface area contributed by atoms with Crippen LogP contribution in [0.3, 0.4) is 0 Å². The first-order valence-corrected chi connectivity index (χ1v) is 7.39. The van der Waals surface area contributed by atoms with Gasteiger partial charge in [0, 0.05) is 5.41 Å². The molecular formula is C15H20Cl2N2O2. The Morgan fingerprint density at radius 1 is 1.19 bits per heavy atom. The number of carbonyl (C=O) groups is 2. The smallest absolute Gasteiger partial charge is 0.239 e. The zero-order valence-corrected chi connectivity index (χ0v) is 14.1. The minimum atomic E-state index is -0.518. The van der Waals surface area contributed by atoms with Crippen LogP contribution in [0.1, 0.15) is 39.3 Å². The fraction of sp³-hybridized carbons (Fsp3) is 0.467. The highest BCUT2D eigenvalue weighted by Gasteiger charge is 2.21. The molecule has 1 aromatic rings. The normalized spacial score (nSPS) is 12.7. The van der Waals surface area contributed by atoms with Gasteiger partial charge in [-0.25, -0.2) is 0 Å². The molecule has 1 atom stereocenters. The summed E-state index contributed by atoms with van der Waals surface area (Å²) in [6, 6.07) is 4.97. The number of amides is 2. The standard InChI is InChI=1S/C15H20Cl2N2O2/c1-9(10-5-6-11(16)12(17)7-10)19-13(20)8-18-14(21)15(2,3)4/h5-7,9H,8H2,1-4H3,(H,18,21)(H,19,20). The number of benzene rings is 1. The van der Waals surface area contributed by atoms with E-state index < -0.39 is 5.41 Å². The number of rotatable bonds is 4. The fourth-order valence-corrected chi connectivity index (χ4v) is 1.89. The summed E-state index contributed by atoms with van der Waals surface area (Å²) in [5.74, 6) is -0.425. The zero-order chi connectivity index (χ0) is 16.2. The molecule has 0 bridgehead atoms. The highest BCUT2D eigenvalue weighted by atomic mass is 35.5. The Hall–Kier alpha value is -1.26. The molecule has 0 spiro atoms. The van der Waals surface area contributed by atoms with Gasteiger partial charge in [0.15, 0.2) is 0 Å². The molecule has 1 aromatic carbocycles. The lowest BCUT2D eigenvalue weighted by Gasteiger charge is -2.19. The summed E-state index contributed by atoms with van der Waals surface area (Å²) in [6.45, 7) is 7.15. The number of halogens is 2. The zero-order valence-electron chi connectivity index (χ0n) is 12.6. The van der Waals surface area contributed by atoms with Crippen LogP contribution in [0.5, 0.6) is 0 Å². The van der Waals surface area contributed by atoms with Crippen molar-refractivity contribution in [1.82, 2.24) is 10.6 Å². The van der Waals surface area contributed by atoms with Crippen LogP contribution in [0.15, 0.2) is 18.2 Å². The molecule has 2 amide bonds. The van der Waals surface area contributed by atoms with Crippen LogP contribution in [0.4, 0.5) is 0 Å². The van der Waals surface area contributed by atoms with Gasteiger partial charge in [0.25, 0.3) is 0 Å². The van der Waals surface area contributed by atoms with E-state index >= 15 is 0 Å². The number of hydrogen-bond acceptors (Lipinski definition) is 2. The van der Waals surface area contributed by atoms with E-state index in [1.807, 2.05) is 6.92 Å². The molecular weight excluding hydrogens is 311 g/mol. The van der Waals surface area contributed by atoms with Crippen LogP contribution in [-0.2, 0) is 9.59 Å². The summed E-state index contributed by atoms with van der Waals surface area (Å²) >= 11 is 11.8. The van der Waals surface area contributed by atoms with E-state index in [9.17, 15) is 9.59 Å². The monoisotopic (exact) mass is 330 g/mol. The average Bonchev–Trinajstić information content (AvgIpc) is 2.37. The predicted octanol–water partition coefficient (Wildman–Crippen LogP) is 3.33. The lowest BCUT2D eigenvalue weighted by atomic mass is 9.96. The van der Waals surface area contributed by atoms with Crippen LogP contribution >= 0.6 is 23.2 Å². The van der Waals surface area contributed by atoms with Crippen molar-refractivity contribution in [2.75, 3.05) is 6.54 Å². The Labute approximate surface area is 135 Å². The molecule has 0 aromatic heterocycles. The van der Waals surface area contributed by atoms with Crippen molar-refractivity contribution in [3.05, 3.63) is 33.8 Å². The molecule has 0 saturated heterocycles. The van der Waals surface area contributed by atoms with Gasteiger partial charge >= 0.3 is 0 Å². The number of hydrogen-bond donors (Lipinski definition) is 2. The molecule has 2 N–H and O–H groups in total. The third-order valence-corrected chi connectivity index (χ3v) is 3.65. The minimum Gasteiger partial charge on any atom is -0.348 e. The summed E-state index contributed by atoms with van der Waals surface area (Å²) in [5.41, 5.74) is 0.329. The third kappa shape index (κ3) is 5.56. The third-order valence-electron chi connectivity index (χ3n) is 2.91. The maximum atomic E-state index is 11.8. The first-order valence-electron chi connectivity index (χ1n) is 6.64. The second-order valence-electron chi connectivity index (χ2n) is 5.90. The van der Waals surface area contributed by atoms with Gasteiger partial charge in [-0.15, -0.1) is 0 Å². The van der Waals surface area contributed by atoms with Crippen molar-refractivity contribution in [2.24, 2.45) is 5.41 Å². The molecule has 0 aliphatic carbocycles. The lowest BCUT2D eigenvalue weighted by molar-refractivity contribution is -0.131. The molecule has 0 aliphatic rings. The second kappa shape index (κ2) is 7.14. The topological polar surface area (TPSA) is 58.2 Å². The van der Waals surface area contributed by atoms with Crippen LogP contribution < -0.4 is 10.6 Å². The minimum absolute atomic E-state index is 0.0538. The van der Waals surface area contributed by atoms with Gasteiger partial charge in [-0.05, 0) is 24.6 Å². The van der Waals surface area contributed by atoms with Crippen molar-refractivity contribution in [3.8, 4) is 0 Å². The van der Waals surface area contributed by atoms with E-state index in [1.54, 1.807) is 39.0 Å². The maximum absolute atomic E-state index is 11.8. The molecule has 116 valence electrons. The van der Waals surface area contributed by atoms with Crippen LogP contribution in [0, 0.1) is 5.41 Å². The average molecular weight is 331 g/mol. The molecule has 6 heteroatoms. The summed E-state index contributed by atoms with van der Waals surface area (Å²) in [5, 5.41) is 6.31. The van der Waals surface area contributed by atoms with Gasteiger partial charge in [0.1, 0.15) is 0 Å². The predicted molar refractivity (Wildman–Crippen MR) is 85.5 cm³/mol. The summed E-state index contributed by atoms with van der Waals surface area (Å²) in [6.07, 6.45) is 0. The van der Waals surface area contributed by atoms with Gasteiger partial charge in [0.2, 0.25) is 11.8 Å². The Balaban J connectivity index is 2.54. The molecule has 4 nitrogen and oxygen atoms in total. The fourth-order valence-electron chi connectivity index (χ4n) is 1.58. The van der Waals surface area contributed by atoms with Crippen molar-refractivity contribution in [3.63, 3.8) is 0 Å². The van der Waals surface area contributed by atoms with Crippen molar-refractivity contribution >= 4 is 35.0 Å². The Morgan fingerprint density at radius 2 is 1.81 bits per heavy atom. The van der Waals surface area contributed by atoms with Gasteiger partial charge in [0.05, 0.1) is 22.6 Å². The van der Waals surface area contributed by atoms with E-state index in [0.29, 0.717) is 10.0 Å². The first kappa shape index (κ1) is 17.8. The molecule has 21 heavy (non-hydrogen) atoms. The molecule has 0 aliphatic heterocycles. The summed E-state index contributed by atoms with van der Waals surface area (Å²) in [7, 11) is 0. The molecule has 1 unspecified atom stereocenters. The second-order valence-corrected chi connectivity index (χ2v) is 6.71. The van der Waals surface area contributed by atoms with Crippen LogP contribution in [0.2, 0.25) is 10.0 Å². The van der Waals surface area contributed by atoms with Gasteiger partial charge in [-0.1, -0.05) is 50.0 Å². The van der Waals surface area contributed by atoms with Crippen LogP contribution in [-0.4, -0.2) is 18.4 Å². The van der Waals surface area contributed by atoms with Gasteiger partial charge in [-0.2, -0.15) is 0 Å². The molecule has 0 heterocycles. The summed E-state index contributed by atoms with van der Waals surface area (Å²) < 4.78 is 0. The highest BCUT2D eigenvalue weighted by molar-refractivity contribution is 6.42. The van der Waals surface area contributed by atoms with E-state index in [4.69, 9.17) is 23.2 Å². The number of carbonyl (C=O) groups excluding carboxylic acids is 2. The molecule has 0 radical (unpaired) electrons. The Morgan fingerprint density at radius 3 is 2.33 bits per heavy atom. The van der Waals surface area contributed by atoms with Crippen LogP contribution in [0.25, 0.3) is 0 Å². The Bertz CT molecular complexity index is 539. The number of nitrogens with one attached hydrogen (secondary N) is 2. The van der Waals surface area contributed by atoms with Crippen molar-refractivity contribution in [2.45, 2.75) is 33.7 Å². The SMILES string of the molecule is CC(NC(=O)CNC(=O)C(C)(C)C)c1ccc(Cl)c(Cl)c1. The molecule has 1 rings (SSSR count). The highest BCUT2D eigenvalue weighted by Crippen LogP contribution is 2.25. The van der Waals surface area contributed by atoms with Gasteiger partial charge in [-0.3, -0.25) is 9.59 Å². The van der Waals surface area contributed by atoms with E-state index in [-0.39, 0.29) is 24.4 Å².